The lowest BCUT2D eigenvalue weighted by molar-refractivity contribution is -0.137. The van der Waals surface area contributed by atoms with E-state index in [-0.39, 0.29) is 5.69 Å². The molecule has 0 bridgehead atoms. The summed E-state index contributed by atoms with van der Waals surface area (Å²) >= 11 is 7.13. The molecule has 0 saturated heterocycles. The third-order valence-electron chi connectivity index (χ3n) is 4.94. The van der Waals surface area contributed by atoms with Gasteiger partial charge in [-0.1, -0.05) is 11.6 Å². The molecule has 0 aliphatic rings. The molecule has 2 heterocycles. The van der Waals surface area contributed by atoms with Crippen molar-refractivity contribution in [2.24, 2.45) is 0 Å². The summed E-state index contributed by atoms with van der Waals surface area (Å²) in [6, 6.07) is 11.1. The highest BCUT2D eigenvalue weighted by molar-refractivity contribution is 7.98. The molecule has 0 unspecified atom stereocenters. The molecule has 36 heavy (non-hydrogen) atoms. The van der Waals surface area contributed by atoms with E-state index in [4.69, 9.17) is 11.6 Å². The molecule has 0 fully saturated rings. The van der Waals surface area contributed by atoms with Gasteiger partial charge in [-0.05, 0) is 61.2 Å². The predicted molar refractivity (Wildman–Crippen MR) is 135 cm³/mol. The van der Waals surface area contributed by atoms with Crippen LogP contribution >= 0.6 is 23.4 Å². The second-order valence-electron chi connectivity index (χ2n) is 7.52. The lowest BCUT2D eigenvalue weighted by atomic mass is 10.1. The van der Waals surface area contributed by atoms with Gasteiger partial charge >= 0.3 is 12.2 Å². The Morgan fingerprint density at radius 2 is 1.78 bits per heavy atom. The van der Waals surface area contributed by atoms with Crippen molar-refractivity contribution in [1.29, 1.82) is 0 Å². The van der Waals surface area contributed by atoms with Crippen molar-refractivity contribution in [3.8, 4) is 11.4 Å². The average molecular weight is 534 g/mol. The highest BCUT2D eigenvalue weighted by atomic mass is 35.5. The van der Waals surface area contributed by atoms with Crippen LogP contribution in [0.25, 0.3) is 11.4 Å². The number of hydrogen-bond donors (Lipinski definition) is 4. The van der Waals surface area contributed by atoms with Crippen molar-refractivity contribution in [1.82, 2.24) is 20.2 Å². The Labute approximate surface area is 213 Å². The highest BCUT2D eigenvalue weighted by Crippen LogP contribution is 2.36. The molecule has 0 aliphatic heterocycles. The van der Waals surface area contributed by atoms with Crippen molar-refractivity contribution in [2.45, 2.75) is 18.1 Å². The summed E-state index contributed by atoms with van der Waals surface area (Å²) in [4.78, 5) is 21.2. The summed E-state index contributed by atoms with van der Waals surface area (Å²) in [6.07, 6.45) is -1.09. The van der Waals surface area contributed by atoms with Gasteiger partial charge in [-0.2, -0.15) is 18.3 Å². The van der Waals surface area contributed by atoms with Gasteiger partial charge < -0.3 is 16.0 Å². The van der Waals surface area contributed by atoms with E-state index in [1.54, 1.807) is 30.5 Å². The van der Waals surface area contributed by atoms with Gasteiger partial charge in [0.1, 0.15) is 16.7 Å². The van der Waals surface area contributed by atoms with Crippen LogP contribution < -0.4 is 16.0 Å². The molecule has 0 spiro atoms. The minimum atomic E-state index is -4.64. The molecule has 186 valence electrons. The molecule has 0 atom stereocenters. The van der Waals surface area contributed by atoms with Crippen LogP contribution in [-0.4, -0.2) is 32.5 Å². The number of benzene rings is 2. The lowest BCUT2D eigenvalue weighted by Crippen LogP contribution is -2.20. The van der Waals surface area contributed by atoms with Gasteiger partial charge in [0.2, 0.25) is 0 Å². The molecular formula is C23H19ClF3N7OS. The van der Waals surface area contributed by atoms with Crippen molar-refractivity contribution in [3.63, 3.8) is 0 Å². The van der Waals surface area contributed by atoms with Gasteiger partial charge in [0.05, 0.1) is 10.6 Å². The van der Waals surface area contributed by atoms with E-state index in [9.17, 15) is 18.0 Å². The molecule has 4 rings (SSSR count). The van der Waals surface area contributed by atoms with E-state index < -0.39 is 22.8 Å². The molecular weight excluding hydrogens is 515 g/mol. The average Bonchev–Trinajstić information content (AvgIpc) is 3.27. The molecule has 2 amide bonds. The Hall–Kier alpha value is -3.77. The largest absolute Gasteiger partial charge is 0.417 e. The number of halogens is 4. The number of thioether (sulfide) groups is 1. The lowest BCUT2D eigenvalue weighted by Gasteiger charge is -2.13. The fourth-order valence-corrected chi connectivity index (χ4v) is 3.87. The number of urea groups is 1. The monoisotopic (exact) mass is 533 g/mol. The van der Waals surface area contributed by atoms with Gasteiger partial charge in [-0.3, -0.25) is 5.10 Å². The fraction of sp³-hybridized carbons (Fsp3) is 0.130. The number of nitrogens with zero attached hydrogens (tertiary/aromatic N) is 3. The molecule has 4 aromatic rings. The van der Waals surface area contributed by atoms with E-state index >= 15 is 0 Å². The number of amides is 2. The zero-order valence-electron chi connectivity index (χ0n) is 18.9. The van der Waals surface area contributed by atoms with E-state index in [0.717, 1.165) is 28.3 Å². The van der Waals surface area contributed by atoms with E-state index in [2.05, 4.69) is 36.1 Å². The highest BCUT2D eigenvalue weighted by Gasteiger charge is 2.33. The normalized spacial score (nSPS) is 11.3. The summed E-state index contributed by atoms with van der Waals surface area (Å²) in [5, 5.41) is 15.5. The number of aromatic amines is 1. The van der Waals surface area contributed by atoms with Gasteiger partial charge in [-0.25, -0.2) is 14.8 Å². The number of anilines is 4. The van der Waals surface area contributed by atoms with Crippen LogP contribution in [0.3, 0.4) is 0 Å². The van der Waals surface area contributed by atoms with Crippen molar-refractivity contribution < 1.29 is 18.0 Å². The smallest absolute Gasteiger partial charge is 0.325 e. The molecule has 13 heteroatoms. The number of hydrogen-bond acceptors (Lipinski definition) is 6. The SMILES string of the molecule is CSc1cc(Nc2ccnc(-c3ccc(NC(=O)Nc4ccc(Cl)c(C(F)(F)F)c4)cc3C)n2)[nH]n1. The number of aromatic nitrogens is 4. The van der Waals surface area contributed by atoms with Crippen LogP contribution in [0.4, 0.5) is 41.0 Å². The Morgan fingerprint density at radius 3 is 2.44 bits per heavy atom. The van der Waals surface area contributed by atoms with Gasteiger partial charge in [0.15, 0.2) is 5.82 Å². The van der Waals surface area contributed by atoms with Crippen LogP contribution in [-0.2, 0) is 6.18 Å². The van der Waals surface area contributed by atoms with Gasteiger partial charge in [-0.15, -0.1) is 11.8 Å². The van der Waals surface area contributed by atoms with E-state index in [0.29, 0.717) is 23.1 Å². The van der Waals surface area contributed by atoms with Crippen molar-refractivity contribution in [3.05, 3.63) is 70.9 Å². The number of H-pyrrole nitrogens is 1. The minimum Gasteiger partial charge on any atom is -0.325 e. The first-order valence-electron chi connectivity index (χ1n) is 10.4. The molecule has 8 nitrogen and oxygen atoms in total. The topological polar surface area (TPSA) is 108 Å². The molecule has 4 N–H and O–H groups in total. The molecule has 0 aliphatic carbocycles. The van der Waals surface area contributed by atoms with Gasteiger partial charge in [0.25, 0.3) is 0 Å². The molecule has 0 saturated carbocycles. The first-order valence-corrected chi connectivity index (χ1v) is 12.0. The zero-order chi connectivity index (χ0) is 25.9. The van der Waals surface area contributed by atoms with Crippen molar-refractivity contribution in [2.75, 3.05) is 22.2 Å². The maximum absolute atomic E-state index is 13.1. The molecule has 2 aromatic carbocycles. The summed E-state index contributed by atoms with van der Waals surface area (Å²) in [5.74, 6) is 1.73. The van der Waals surface area contributed by atoms with E-state index in [1.807, 2.05) is 19.2 Å². The number of alkyl halides is 3. The van der Waals surface area contributed by atoms with Crippen LogP contribution in [0.2, 0.25) is 5.02 Å². The summed E-state index contributed by atoms with van der Waals surface area (Å²) in [6.45, 7) is 1.83. The van der Waals surface area contributed by atoms with Crippen molar-refractivity contribution >= 4 is 52.4 Å². The first kappa shape index (κ1) is 25.3. The minimum absolute atomic E-state index is 0.0443. The third kappa shape index (κ3) is 6.07. The number of carbonyl (C=O) groups excluding carboxylic acids is 1. The second kappa shape index (κ2) is 10.5. The number of nitrogens with one attached hydrogen (secondary N) is 4. The summed E-state index contributed by atoms with van der Waals surface area (Å²) in [5.41, 5.74) is 0.886. The van der Waals surface area contributed by atoms with Crippen LogP contribution in [0.15, 0.2) is 59.8 Å². The number of aryl methyl sites for hydroxylation is 1. The quantitative estimate of drug-likeness (QED) is 0.200. The Kier molecular flexibility index (Phi) is 7.36. The standard InChI is InChI=1S/C23H19ClF3N7OS/c1-12-9-13(29-22(35)30-14-4-6-17(24)16(10-14)23(25,26)27)3-5-15(12)21-28-8-7-18(32-21)31-19-11-20(36-2)34-33-19/h3-11H,1-2H3,(H2,29,30,35)(H2,28,31,32,33,34). The first-order chi connectivity index (χ1) is 17.1. The van der Waals surface area contributed by atoms with Crippen LogP contribution in [0.5, 0.6) is 0 Å². The van der Waals surface area contributed by atoms with Gasteiger partial charge in [0, 0.05) is 29.2 Å². The van der Waals surface area contributed by atoms with Crippen LogP contribution in [0.1, 0.15) is 11.1 Å². The number of rotatable bonds is 6. The Balaban J connectivity index is 1.45. The Bertz CT molecular complexity index is 1410. The zero-order valence-corrected chi connectivity index (χ0v) is 20.4. The van der Waals surface area contributed by atoms with Crippen LogP contribution in [0, 0.1) is 6.92 Å². The third-order valence-corrected chi connectivity index (χ3v) is 5.89. The Morgan fingerprint density at radius 1 is 1.06 bits per heavy atom. The molecule has 2 aromatic heterocycles. The summed E-state index contributed by atoms with van der Waals surface area (Å²) in [7, 11) is 0. The fourth-order valence-electron chi connectivity index (χ4n) is 3.27. The second-order valence-corrected chi connectivity index (χ2v) is 8.75. The van der Waals surface area contributed by atoms with E-state index in [1.165, 1.54) is 17.8 Å². The number of carbonyl (C=O) groups is 1. The summed E-state index contributed by atoms with van der Waals surface area (Å²) < 4.78 is 39.2. The predicted octanol–water partition coefficient (Wildman–Crippen LogP) is 6.96. The maximum Gasteiger partial charge on any atom is 0.417 e. The maximum atomic E-state index is 13.1. The molecule has 0 radical (unpaired) electrons.